The largest absolute Gasteiger partial charge is 0.481 e. The SMILES string of the molecule is N#CCc1ccc(S(=O)(=O)NCCCCC(=O)O)cc1. The highest BCUT2D eigenvalue weighted by Crippen LogP contribution is 2.11. The molecule has 0 spiro atoms. The van der Waals surface area contributed by atoms with Crippen LogP contribution in [-0.2, 0) is 21.2 Å². The molecule has 0 radical (unpaired) electrons. The Labute approximate surface area is 118 Å². The summed E-state index contributed by atoms with van der Waals surface area (Å²) in [5.74, 6) is -0.888. The maximum absolute atomic E-state index is 11.9. The van der Waals surface area contributed by atoms with Gasteiger partial charge in [0.15, 0.2) is 0 Å². The molecule has 0 bridgehead atoms. The lowest BCUT2D eigenvalue weighted by Crippen LogP contribution is -2.24. The molecule has 0 aliphatic carbocycles. The van der Waals surface area contributed by atoms with Crippen molar-refractivity contribution in [3.05, 3.63) is 29.8 Å². The second-order valence-corrected chi connectivity index (χ2v) is 5.99. The number of nitrogens with zero attached hydrogens (tertiary/aromatic N) is 1. The molecular weight excluding hydrogens is 280 g/mol. The molecule has 1 rings (SSSR count). The van der Waals surface area contributed by atoms with E-state index in [0.717, 1.165) is 5.56 Å². The van der Waals surface area contributed by atoms with Gasteiger partial charge >= 0.3 is 5.97 Å². The molecule has 1 aromatic rings. The number of unbranched alkanes of at least 4 members (excludes halogenated alkanes) is 1. The molecule has 0 saturated carbocycles. The van der Waals surface area contributed by atoms with Crippen molar-refractivity contribution < 1.29 is 18.3 Å². The third-order valence-electron chi connectivity index (χ3n) is 2.63. The molecule has 0 saturated heterocycles. The van der Waals surface area contributed by atoms with Crippen LogP contribution in [0.15, 0.2) is 29.2 Å². The molecule has 0 aromatic heterocycles. The second kappa shape index (κ2) is 7.62. The maximum Gasteiger partial charge on any atom is 0.303 e. The molecule has 0 heterocycles. The molecule has 0 aliphatic heterocycles. The first-order valence-electron chi connectivity index (χ1n) is 6.13. The maximum atomic E-state index is 11.9. The molecule has 0 atom stereocenters. The summed E-state index contributed by atoms with van der Waals surface area (Å²) in [6.07, 6.45) is 1.17. The van der Waals surface area contributed by atoms with Crippen LogP contribution in [0.25, 0.3) is 0 Å². The van der Waals surface area contributed by atoms with Gasteiger partial charge in [0.2, 0.25) is 10.0 Å². The van der Waals surface area contributed by atoms with Crippen LogP contribution in [-0.4, -0.2) is 26.0 Å². The topological polar surface area (TPSA) is 107 Å². The first kappa shape index (κ1) is 16.1. The van der Waals surface area contributed by atoms with Crippen molar-refractivity contribution in [1.82, 2.24) is 4.72 Å². The number of carboxylic acid groups (broad SMARTS) is 1. The molecule has 0 unspecified atom stereocenters. The number of hydrogen-bond donors (Lipinski definition) is 2. The smallest absolute Gasteiger partial charge is 0.303 e. The zero-order chi connectivity index (χ0) is 15.0. The number of carbonyl (C=O) groups is 1. The summed E-state index contributed by atoms with van der Waals surface area (Å²) in [4.78, 5) is 10.4. The Hall–Kier alpha value is -1.91. The van der Waals surface area contributed by atoms with Crippen molar-refractivity contribution in [2.24, 2.45) is 0 Å². The zero-order valence-electron chi connectivity index (χ0n) is 10.9. The normalized spacial score (nSPS) is 10.9. The summed E-state index contributed by atoms with van der Waals surface area (Å²) in [5.41, 5.74) is 0.757. The number of aliphatic carboxylic acids is 1. The first-order valence-corrected chi connectivity index (χ1v) is 7.61. The number of carboxylic acids is 1. The van der Waals surface area contributed by atoms with Gasteiger partial charge in [-0.3, -0.25) is 4.79 Å². The van der Waals surface area contributed by atoms with Gasteiger partial charge in [-0.25, -0.2) is 13.1 Å². The van der Waals surface area contributed by atoms with E-state index in [-0.39, 0.29) is 24.3 Å². The van der Waals surface area contributed by atoms with Crippen LogP contribution < -0.4 is 4.72 Å². The van der Waals surface area contributed by atoms with Gasteiger partial charge in [-0.15, -0.1) is 0 Å². The Kier molecular flexibility index (Phi) is 6.15. The van der Waals surface area contributed by atoms with E-state index in [9.17, 15) is 13.2 Å². The minimum Gasteiger partial charge on any atom is -0.481 e. The third kappa shape index (κ3) is 5.38. The van der Waals surface area contributed by atoms with Gasteiger partial charge in [0.25, 0.3) is 0 Å². The van der Waals surface area contributed by atoms with Crippen LogP contribution in [0.3, 0.4) is 0 Å². The molecule has 108 valence electrons. The van der Waals surface area contributed by atoms with Crippen LogP contribution in [0.4, 0.5) is 0 Å². The summed E-state index contributed by atoms with van der Waals surface area (Å²) < 4.78 is 26.2. The van der Waals surface area contributed by atoms with E-state index in [1.165, 1.54) is 12.1 Å². The molecule has 0 amide bonds. The Morgan fingerprint density at radius 2 is 1.90 bits per heavy atom. The van der Waals surface area contributed by atoms with Crippen LogP contribution in [0.1, 0.15) is 24.8 Å². The van der Waals surface area contributed by atoms with Crippen molar-refractivity contribution in [2.75, 3.05) is 6.54 Å². The zero-order valence-corrected chi connectivity index (χ0v) is 11.7. The Morgan fingerprint density at radius 1 is 1.25 bits per heavy atom. The van der Waals surface area contributed by atoms with E-state index in [1.807, 2.05) is 6.07 Å². The van der Waals surface area contributed by atoms with Crippen LogP contribution in [0.2, 0.25) is 0 Å². The Morgan fingerprint density at radius 3 is 2.45 bits per heavy atom. The molecule has 2 N–H and O–H groups in total. The van der Waals surface area contributed by atoms with Gasteiger partial charge in [-0.1, -0.05) is 12.1 Å². The van der Waals surface area contributed by atoms with Gasteiger partial charge in [-0.05, 0) is 30.5 Å². The van der Waals surface area contributed by atoms with Crippen molar-refractivity contribution in [3.8, 4) is 6.07 Å². The number of benzene rings is 1. The molecule has 1 aromatic carbocycles. The lowest BCUT2D eigenvalue weighted by atomic mass is 10.2. The summed E-state index contributed by atoms with van der Waals surface area (Å²) in [7, 11) is -3.57. The number of nitriles is 1. The van der Waals surface area contributed by atoms with Crippen molar-refractivity contribution in [3.63, 3.8) is 0 Å². The first-order chi connectivity index (χ1) is 9.45. The van der Waals surface area contributed by atoms with Crippen LogP contribution in [0.5, 0.6) is 0 Å². The average Bonchev–Trinajstić information content (AvgIpc) is 2.39. The monoisotopic (exact) mass is 296 g/mol. The average molecular weight is 296 g/mol. The summed E-state index contributed by atoms with van der Waals surface area (Å²) in [6.45, 7) is 0.204. The molecule has 20 heavy (non-hydrogen) atoms. The quantitative estimate of drug-likeness (QED) is 0.703. The van der Waals surface area contributed by atoms with Gasteiger partial charge < -0.3 is 5.11 Å². The fourth-order valence-electron chi connectivity index (χ4n) is 1.57. The van der Waals surface area contributed by atoms with Crippen molar-refractivity contribution >= 4 is 16.0 Å². The molecule has 7 heteroatoms. The van der Waals surface area contributed by atoms with Gasteiger partial charge in [0, 0.05) is 13.0 Å². The molecular formula is C13H16N2O4S. The number of hydrogen-bond acceptors (Lipinski definition) is 4. The number of nitrogens with one attached hydrogen (secondary N) is 1. The number of rotatable bonds is 8. The minimum absolute atomic E-state index is 0.0323. The van der Waals surface area contributed by atoms with Gasteiger partial charge in [0.1, 0.15) is 0 Å². The van der Waals surface area contributed by atoms with E-state index in [1.54, 1.807) is 12.1 Å². The highest BCUT2D eigenvalue weighted by atomic mass is 32.2. The molecule has 6 nitrogen and oxygen atoms in total. The van der Waals surface area contributed by atoms with Crippen molar-refractivity contribution in [1.29, 1.82) is 5.26 Å². The lowest BCUT2D eigenvalue weighted by Gasteiger charge is -2.06. The fraction of sp³-hybridized carbons (Fsp3) is 0.385. The molecule has 0 fully saturated rings. The van der Waals surface area contributed by atoms with E-state index in [0.29, 0.717) is 12.8 Å². The minimum atomic E-state index is -3.57. The molecule has 0 aliphatic rings. The van der Waals surface area contributed by atoms with E-state index >= 15 is 0 Å². The highest BCUT2D eigenvalue weighted by Gasteiger charge is 2.12. The van der Waals surface area contributed by atoms with Crippen molar-refractivity contribution in [2.45, 2.75) is 30.6 Å². The van der Waals surface area contributed by atoms with Gasteiger partial charge in [0.05, 0.1) is 17.4 Å². The highest BCUT2D eigenvalue weighted by molar-refractivity contribution is 7.89. The fourth-order valence-corrected chi connectivity index (χ4v) is 2.64. The standard InChI is InChI=1S/C13H16N2O4S/c14-9-8-11-4-6-12(7-5-11)20(18,19)15-10-2-1-3-13(16)17/h4-7,15H,1-3,8,10H2,(H,16,17). The van der Waals surface area contributed by atoms with Crippen LogP contribution >= 0.6 is 0 Å². The number of sulfonamides is 1. The summed E-state index contributed by atoms with van der Waals surface area (Å²) in [5, 5.41) is 17.0. The Balaban J connectivity index is 2.52. The van der Waals surface area contributed by atoms with E-state index < -0.39 is 16.0 Å². The lowest BCUT2D eigenvalue weighted by molar-refractivity contribution is -0.137. The van der Waals surface area contributed by atoms with E-state index in [4.69, 9.17) is 10.4 Å². The predicted molar refractivity (Wildman–Crippen MR) is 72.4 cm³/mol. The third-order valence-corrected chi connectivity index (χ3v) is 4.10. The van der Waals surface area contributed by atoms with Gasteiger partial charge in [-0.2, -0.15) is 5.26 Å². The predicted octanol–water partition coefficient (Wildman–Crippen LogP) is 1.29. The second-order valence-electron chi connectivity index (χ2n) is 4.23. The summed E-state index contributed by atoms with van der Waals surface area (Å²) >= 11 is 0. The summed E-state index contributed by atoms with van der Waals surface area (Å²) in [6, 6.07) is 8.09. The van der Waals surface area contributed by atoms with Crippen LogP contribution in [0, 0.1) is 11.3 Å². The Bertz CT molecular complexity index is 588. The van der Waals surface area contributed by atoms with E-state index in [2.05, 4.69) is 4.72 Å².